The molecule has 1 aliphatic rings. The third-order valence-electron chi connectivity index (χ3n) is 5.64. The Morgan fingerprint density at radius 2 is 1.65 bits per heavy atom. The highest BCUT2D eigenvalue weighted by Crippen LogP contribution is 2.16. The molecule has 0 spiro atoms. The molecule has 0 bridgehead atoms. The van der Waals surface area contributed by atoms with Crippen molar-refractivity contribution in [2.45, 2.75) is 25.8 Å². The van der Waals surface area contributed by atoms with Gasteiger partial charge in [-0.15, -0.1) is 0 Å². The van der Waals surface area contributed by atoms with E-state index in [4.69, 9.17) is 4.42 Å². The molecular weight excluding hydrogens is 432 g/mol. The zero-order chi connectivity index (χ0) is 23.8. The smallest absolute Gasteiger partial charge is 0.253 e. The van der Waals surface area contributed by atoms with Gasteiger partial charge >= 0.3 is 0 Å². The third-order valence-corrected chi connectivity index (χ3v) is 5.64. The van der Waals surface area contributed by atoms with Crippen molar-refractivity contribution in [1.29, 1.82) is 0 Å². The molecule has 34 heavy (non-hydrogen) atoms. The van der Waals surface area contributed by atoms with Gasteiger partial charge in [-0.1, -0.05) is 6.07 Å². The molecule has 0 atom stereocenters. The van der Waals surface area contributed by atoms with Gasteiger partial charge < -0.3 is 25.3 Å². The van der Waals surface area contributed by atoms with Crippen molar-refractivity contribution in [2.75, 3.05) is 30.3 Å². The van der Waals surface area contributed by atoms with Gasteiger partial charge in [-0.05, 0) is 73.9 Å². The van der Waals surface area contributed by atoms with Gasteiger partial charge in [-0.3, -0.25) is 14.4 Å². The second kappa shape index (κ2) is 11.2. The van der Waals surface area contributed by atoms with Crippen LogP contribution in [0.1, 0.15) is 45.7 Å². The number of amides is 3. The lowest BCUT2D eigenvalue weighted by Crippen LogP contribution is -2.35. The summed E-state index contributed by atoms with van der Waals surface area (Å²) in [4.78, 5) is 39.2. The fourth-order valence-corrected chi connectivity index (χ4v) is 3.82. The SMILES string of the molecule is O=C(CNc1cccc(C(=O)N2CCCCC2)c1)Nc1ccc(C(=O)NCc2ccco2)cc1. The number of piperidine rings is 1. The summed E-state index contributed by atoms with van der Waals surface area (Å²) in [5.74, 6) is 0.241. The number of hydrogen-bond acceptors (Lipinski definition) is 5. The summed E-state index contributed by atoms with van der Waals surface area (Å²) >= 11 is 0. The van der Waals surface area contributed by atoms with Gasteiger partial charge in [-0.25, -0.2) is 0 Å². The van der Waals surface area contributed by atoms with Crippen LogP contribution in [-0.4, -0.2) is 42.3 Å². The first-order valence-electron chi connectivity index (χ1n) is 11.4. The minimum Gasteiger partial charge on any atom is -0.467 e. The first kappa shape index (κ1) is 23.1. The minimum absolute atomic E-state index is 0.0288. The predicted molar refractivity (Wildman–Crippen MR) is 130 cm³/mol. The first-order valence-corrected chi connectivity index (χ1v) is 11.4. The number of nitrogens with zero attached hydrogens (tertiary/aromatic N) is 1. The van der Waals surface area contributed by atoms with Crippen LogP contribution in [0.2, 0.25) is 0 Å². The van der Waals surface area contributed by atoms with Gasteiger partial charge in [0.1, 0.15) is 5.76 Å². The summed E-state index contributed by atoms with van der Waals surface area (Å²) in [5.41, 5.74) is 2.40. The van der Waals surface area contributed by atoms with Crippen LogP contribution in [0.3, 0.4) is 0 Å². The highest BCUT2D eigenvalue weighted by atomic mass is 16.3. The number of anilines is 2. The molecule has 1 aromatic heterocycles. The monoisotopic (exact) mass is 460 g/mol. The molecule has 1 fully saturated rings. The normalized spacial score (nSPS) is 13.2. The maximum atomic E-state index is 12.7. The average molecular weight is 461 g/mol. The van der Waals surface area contributed by atoms with Crippen LogP contribution >= 0.6 is 0 Å². The lowest BCUT2D eigenvalue weighted by molar-refractivity contribution is -0.114. The van der Waals surface area contributed by atoms with Crippen molar-refractivity contribution in [2.24, 2.45) is 0 Å². The fraction of sp³-hybridized carbons (Fsp3) is 0.269. The Balaban J connectivity index is 1.25. The maximum absolute atomic E-state index is 12.7. The Bertz CT molecular complexity index is 1120. The molecule has 3 N–H and O–H groups in total. The van der Waals surface area contributed by atoms with E-state index in [-0.39, 0.29) is 24.3 Å². The van der Waals surface area contributed by atoms with E-state index in [2.05, 4.69) is 16.0 Å². The quantitative estimate of drug-likeness (QED) is 0.473. The van der Waals surface area contributed by atoms with Crippen LogP contribution in [0.4, 0.5) is 11.4 Å². The average Bonchev–Trinajstić information content (AvgIpc) is 3.40. The van der Waals surface area contributed by atoms with E-state index in [0.717, 1.165) is 25.9 Å². The molecule has 2 aromatic carbocycles. The molecule has 2 heterocycles. The van der Waals surface area contributed by atoms with Crippen LogP contribution in [0.15, 0.2) is 71.3 Å². The lowest BCUT2D eigenvalue weighted by Gasteiger charge is -2.26. The Labute approximate surface area is 198 Å². The van der Waals surface area contributed by atoms with Crippen LogP contribution in [0.5, 0.6) is 0 Å². The van der Waals surface area contributed by atoms with Crippen molar-refractivity contribution in [3.8, 4) is 0 Å². The summed E-state index contributed by atoms with van der Waals surface area (Å²) in [5, 5.41) is 8.64. The number of benzene rings is 2. The molecule has 0 aliphatic carbocycles. The number of carbonyl (C=O) groups excluding carboxylic acids is 3. The Kier molecular flexibility index (Phi) is 7.60. The molecular formula is C26H28N4O4. The minimum atomic E-state index is -0.234. The van der Waals surface area contributed by atoms with Crippen LogP contribution in [0, 0.1) is 0 Å². The second-order valence-electron chi connectivity index (χ2n) is 8.17. The number of carbonyl (C=O) groups is 3. The standard InChI is InChI=1S/C26H28N4O4/c31-24(18-27-22-7-4-6-20(16-22)26(33)30-13-2-1-3-14-30)29-21-11-9-19(10-12-21)25(32)28-17-23-8-5-15-34-23/h4-12,15-16,27H,1-3,13-14,17-18H2,(H,28,32)(H,29,31). The van der Waals surface area contributed by atoms with E-state index in [9.17, 15) is 14.4 Å². The highest BCUT2D eigenvalue weighted by molar-refractivity contribution is 5.97. The summed E-state index contributed by atoms with van der Waals surface area (Å²) in [6.45, 7) is 1.94. The summed E-state index contributed by atoms with van der Waals surface area (Å²) < 4.78 is 5.20. The van der Waals surface area contributed by atoms with E-state index in [1.807, 2.05) is 17.0 Å². The van der Waals surface area contributed by atoms with Crippen molar-refractivity contribution < 1.29 is 18.8 Å². The number of hydrogen-bond donors (Lipinski definition) is 3. The molecule has 1 saturated heterocycles. The van der Waals surface area contributed by atoms with Gasteiger partial charge in [0.05, 0.1) is 19.4 Å². The topological polar surface area (TPSA) is 104 Å². The summed E-state index contributed by atoms with van der Waals surface area (Å²) in [7, 11) is 0. The molecule has 4 rings (SSSR count). The largest absolute Gasteiger partial charge is 0.467 e. The van der Waals surface area contributed by atoms with Crippen molar-refractivity contribution in [1.82, 2.24) is 10.2 Å². The molecule has 8 nitrogen and oxygen atoms in total. The zero-order valence-electron chi connectivity index (χ0n) is 18.9. The zero-order valence-corrected chi connectivity index (χ0v) is 18.9. The van der Waals surface area contributed by atoms with E-state index in [0.29, 0.717) is 34.8 Å². The van der Waals surface area contributed by atoms with Crippen molar-refractivity contribution in [3.63, 3.8) is 0 Å². The van der Waals surface area contributed by atoms with Crippen LogP contribution in [-0.2, 0) is 11.3 Å². The number of likely N-dealkylation sites (tertiary alicyclic amines) is 1. The van der Waals surface area contributed by atoms with Gasteiger partial charge in [0.15, 0.2) is 0 Å². The van der Waals surface area contributed by atoms with Gasteiger partial charge in [-0.2, -0.15) is 0 Å². The first-order chi connectivity index (χ1) is 16.6. The lowest BCUT2D eigenvalue weighted by atomic mass is 10.1. The van der Waals surface area contributed by atoms with Gasteiger partial charge in [0.25, 0.3) is 11.8 Å². The molecule has 3 amide bonds. The van der Waals surface area contributed by atoms with Gasteiger partial charge in [0.2, 0.25) is 5.91 Å². The summed E-state index contributed by atoms with van der Waals surface area (Å²) in [6.07, 6.45) is 4.81. The Morgan fingerprint density at radius 3 is 2.38 bits per heavy atom. The predicted octanol–water partition coefficient (Wildman–Crippen LogP) is 3.89. The number of nitrogens with one attached hydrogen (secondary N) is 3. The molecule has 0 radical (unpaired) electrons. The van der Waals surface area contributed by atoms with Crippen LogP contribution in [0.25, 0.3) is 0 Å². The molecule has 176 valence electrons. The molecule has 3 aromatic rings. The van der Waals surface area contributed by atoms with Gasteiger partial charge in [0, 0.05) is 35.6 Å². The highest BCUT2D eigenvalue weighted by Gasteiger charge is 2.18. The van der Waals surface area contributed by atoms with Crippen LogP contribution < -0.4 is 16.0 Å². The van der Waals surface area contributed by atoms with Crippen molar-refractivity contribution in [3.05, 3.63) is 83.8 Å². The van der Waals surface area contributed by atoms with E-state index < -0.39 is 0 Å². The van der Waals surface area contributed by atoms with E-state index in [1.165, 1.54) is 6.42 Å². The Morgan fingerprint density at radius 1 is 0.853 bits per heavy atom. The number of furan rings is 1. The van der Waals surface area contributed by atoms with E-state index in [1.54, 1.807) is 54.8 Å². The molecule has 0 unspecified atom stereocenters. The van der Waals surface area contributed by atoms with Crippen molar-refractivity contribution >= 4 is 29.1 Å². The Hall–Kier alpha value is -4.07. The molecule has 1 aliphatic heterocycles. The maximum Gasteiger partial charge on any atom is 0.253 e. The third kappa shape index (κ3) is 6.25. The summed E-state index contributed by atoms with van der Waals surface area (Å²) in [6, 6.07) is 17.4. The number of rotatable bonds is 8. The second-order valence-corrected chi connectivity index (χ2v) is 8.17. The fourth-order valence-electron chi connectivity index (χ4n) is 3.82. The molecule has 8 heteroatoms. The van der Waals surface area contributed by atoms with E-state index >= 15 is 0 Å². The molecule has 0 saturated carbocycles.